The van der Waals surface area contributed by atoms with Gasteiger partial charge in [0, 0.05) is 17.7 Å². The molecule has 3 aliphatic carbocycles. The Hall–Kier alpha value is -1.62. The van der Waals surface area contributed by atoms with Gasteiger partial charge in [-0.1, -0.05) is 0 Å². The minimum absolute atomic E-state index is 0.0118. The summed E-state index contributed by atoms with van der Waals surface area (Å²) in [4.78, 5) is 3.49. The predicted octanol–water partition coefficient (Wildman–Crippen LogP) is 4.14. The normalized spacial score (nSPS) is 32.6. The summed E-state index contributed by atoms with van der Waals surface area (Å²) < 4.78 is 14.6. The van der Waals surface area contributed by atoms with Crippen LogP contribution >= 0.6 is 11.3 Å². The third-order valence-corrected chi connectivity index (χ3v) is 7.20. The Labute approximate surface area is 139 Å². The van der Waals surface area contributed by atoms with Gasteiger partial charge in [-0.25, -0.2) is 4.39 Å². The van der Waals surface area contributed by atoms with Gasteiger partial charge in [0.15, 0.2) is 5.84 Å². The van der Waals surface area contributed by atoms with Crippen LogP contribution in [0.25, 0.3) is 10.1 Å². The largest absolute Gasteiger partial charge is 0.333 e. The average molecular weight is 329 g/mol. The zero-order valence-electron chi connectivity index (χ0n) is 13.2. The molecule has 0 unspecified atom stereocenters. The van der Waals surface area contributed by atoms with E-state index in [0.717, 1.165) is 26.7 Å². The highest BCUT2D eigenvalue weighted by Gasteiger charge is 2.53. The van der Waals surface area contributed by atoms with Gasteiger partial charge in [-0.3, -0.25) is 5.43 Å². The Kier molecular flexibility index (Phi) is 2.81. The maximum atomic E-state index is 13.4. The van der Waals surface area contributed by atoms with E-state index in [0.29, 0.717) is 5.92 Å². The minimum atomic E-state index is -0.178. The molecule has 4 aliphatic rings. The summed E-state index contributed by atoms with van der Waals surface area (Å²) in [5.74, 6) is 2.36. The smallest absolute Gasteiger partial charge is 0.167 e. The molecule has 5 heteroatoms. The fourth-order valence-corrected chi connectivity index (χ4v) is 5.90. The zero-order chi connectivity index (χ0) is 15.6. The highest BCUT2D eigenvalue weighted by molar-refractivity contribution is 7.20. The van der Waals surface area contributed by atoms with Crippen LogP contribution in [0.15, 0.2) is 29.4 Å². The highest BCUT2D eigenvalue weighted by atomic mass is 32.1. The Morgan fingerprint density at radius 3 is 2.83 bits per heavy atom. The lowest BCUT2D eigenvalue weighted by atomic mass is 9.64. The van der Waals surface area contributed by atoms with Crippen molar-refractivity contribution in [1.29, 1.82) is 0 Å². The van der Waals surface area contributed by atoms with E-state index in [-0.39, 0.29) is 11.5 Å². The van der Waals surface area contributed by atoms with Crippen molar-refractivity contribution < 1.29 is 4.39 Å². The van der Waals surface area contributed by atoms with Crippen molar-refractivity contribution in [3.63, 3.8) is 0 Å². The lowest BCUT2D eigenvalue weighted by molar-refractivity contribution is -0.0196. The van der Waals surface area contributed by atoms with E-state index in [1.807, 2.05) is 6.07 Å². The SMILES string of the molecule is CN1C(c2cc3cc(F)ccc3s2)=NN[C@@]12CC1CCC2CC1. The van der Waals surface area contributed by atoms with Crippen LogP contribution in [0.2, 0.25) is 0 Å². The molecule has 120 valence electrons. The van der Waals surface area contributed by atoms with Crippen LogP contribution in [0.3, 0.4) is 0 Å². The highest BCUT2D eigenvalue weighted by Crippen LogP contribution is 2.50. The maximum Gasteiger partial charge on any atom is 0.167 e. The maximum absolute atomic E-state index is 13.4. The number of amidine groups is 1. The van der Waals surface area contributed by atoms with Crippen molar-refractivity contribution in [1.82, 2.24) is 10.3 Å². The van der Waals surface area contributed by atoms with Gasteiger partial charge < -0.3 is 4.90 Å². The lowest BCUT2D eigenvalue weighted by Gasteiger charge is -2.52. The number of thiophene rings is 1. The van der Waals surface area contributed by atoms with E-state index in [4.69, 9.17) is 5.10 Å². The second-order valence-corrected chi connectivity index (χ2v) is 8.33. The third kappa shape index (κ3) is 1.89. The predicted molar refractivity (Wildman–Crippen MR) is 92.0 cm³/mol. The van der Waals surface area contributed by atoms with E-state index >= 15 is 0 Å². The van der Waals surface area contributed by atoms with Gasteiger partial charge in [-0.15, -0.1) is 11.3 Å². The quantitative estimate of drug-likeness (QED) is 0.851. The molecule has 0 amide bonds. The molecular formula is C18H20FN3S. The second-order valence-electron chi connectivity index (χ2n) is 7.25. The van der Waals surface area contributed by atoms with Crippen LogP contribution in [0, 0.1) is 17.7 Å². The molecule has 1 aromatic heterocycles. The molecule has 3 fully saturated rings. The standard InChI is InChI=1S/C18H20FN3S/c1-22-17(16-9-12-8-14(19)6-7-15(12)23-16)20-21-18(22)10-11-2-4-13(18)5-3-11/h6-9,11,13,21H,2-5,10H2,1H3/t11?,13?,18-/m0/s1. The first-order chi connectivity index (χ1) is 11.2. The van der Waals surface area contributed by atoms with Crippen molar-refractivity contribution in [3.8, 4) is 0 Å². The topological polar surface area (TPSA) is 27.6 Å². The monoisotopic (exact) mass is 329 g/mol. The van der Waals surface area contributed by atoms with Crippen LogP contribution in [-0.4, -0.2) is 23.4 Å². The molecule has 1 atom stereocenters. The number of hydrazone groups is 1. The number of fused-ring (bicyclic) bond motifs is 3. The fraction of sp³-hybridized carbons (Fsp3) is 0.500. The molecule has 6 rings (SSSR count). The molecule has 1 N–H and O–H groups in total. The Morgan fingerprint density at radius 1 is 1.26 bits per heavy atom. The average Bonchev–Trinajstić information content (AvgIpc) is 3.11. The number of benzene rings is 1. The van der Waals surface area contributed by atoms with Gasteiger partial charge >= 0.3 is 0 Å². The molecule has 0 saturated heterocycles. The summed E-state index contributed by atoms with van der Waals surface area (Å²) in [5.41, 5.74) is 3.52. The van der Waals surface area contributed by atoms with Crippen LogP contribution in [0.1, 0.15) is 37.0 Å². The number of nitrogens with zero attached hydrogens (tertiary/aromatic N) is 2. The molecule has 23 heavy (non-hydrogen) atoms. The molecule has 3 nitrogen and oxygen atoms in total. The summed E-state index contributed by atoms with van der Waals surface area (Å²) in [6.07, 6.45) is 6.56. The molecule has 1 aliphatic heterocycles. The summed E-state index contributed by atoms with van der Waals surface area (Å²) in [5, 5.41) is 5.67. The fourth-order valence-electron chi connectivity index (χ4n) is 4.83. The van der Waals surface area contributed by atoms with Gasteiger partial charge in [0.25, 0.3) is 0 Å². The van der Waals surface area contributed by atoms with E-state index in [2.05, 4.69) is 23.4 Å². The first kappa shape index (κ1) is 13.8. The van der Waals surface area contributed by atoms with Crippen LogP contribution in [-0.2, 0) is 0 Å². The number of hydrogen-bond acceptors (Lipinski definition) is 4. The third-order valence-electron chi connectivity index (χ3n) is 6.09. The van der Waals surface area contributed by atoms with Crippen molar-refractivity contribution in [3.05, 3.63) is 35.0 Å². The zero-order valence-corrected chi connectivity index (χ0v) is 14.0. The van der Waals surface area contributed by atoms with E-state index in [9.17, 15) is 4.39 Å². The summed E-state index contributed by atoms with van der Waals surface area (Å²) in [7, 11) is 2.17. The van der Waals surface area contributed by atoms with Crippen molar-refractivity contribution >= 4 is 27.3 Å². The summed E-state index contributed by atoms with van der Waals surface area (Å²) in [6, 6.07) is 7.07. The van der Waals surface area contributed by atoms with Crippen LogP contribution in [0.5, 0.6) is 0 Å². The molecule has 2 aromatic rings. The number of rotatable bonds is 1. The molecule has 3 saturated carbocycles. The van der Waals surface area contributed by atoms with Gasteiger partial charge in [-0.05, 0) is 67.7 Å². The molecule has 1 aromatic carbocycles. The molecule has 1 spiro atoms. The van der Waals surface area contributed by atoms with Crippen LogP contribution < -0.4 is 5.43 Å². The summed E-state index contributed by atoms with van der Waals surface area (Å²) >= 11 is 1.70. The van der Waals surface area contributed by atoms with Crippen molar-refractivity contribution in [2.75, 3.05) is 7.05 Å². The van der Waals surface area contributed by atoms with Crippen molar-refractivity contribution in [2.45, 2.75) is 37.8 Å². The first-order valence-corrected chi connectivity index (χ1v) is 9.25. The first-order valence-electron chi connectivity index (χ1n) is 8.44. The van der Waals surface area contributed by atoms with Crippen molar-refractivity contribution in [2.24, 2.45) is 16.9 Å². The Balaban J connectivity index is 1.51. The number of hydrogen-bond donors (Lipinski definition) is 1. The minimum Gasteiger partial charge on any atom is -0.333 e. The van der Waals surface area contributed by atoms with Gasteiger partial charge in [0.2, 0.25) is 0 Å². The lowest BCUT2D eigenvalue weighted by Crippen LogP contribution is -2.62. The Morgan fingerprint density at radius 2 is 2.09 bits per heavy atom. The van der Waals surface area contributed by atoms with Gasteiger partial charge in [-0.2, -0.15) is 5.10 Å². The van der Waals surface area contributed by atoms with Gasteiger partial charge in [0.05, 0.1) is 4.88 Å². The molecule has 0 radical (unpaired) electrons. The number of nitrogens with one attached hydrogen (secondary N) is 1. The number of halogens is 1. The molecule has 2 heterocycles. The summed E-state index contributed by atoms with van der Waals surface area (Å²) in [6.45, 7) is 0. The van der Waals surface area contributed by atoms with Crippen LogP contribution in [0.4, 0.5) is 4.39 Å². The van der Waals surface area contributed by atoms with E-state index in [1.165, 1.54) is 38.2 Å². The van der Waals surface area contributed by atoms with Gasteiger partial charge in [0.1, 0.15) is 11.5 Å². The molecular weight excluding hydrogens is 309 g/mol. The van der Waals surface area contributed by atoms with E-state index < -0.39 is 0 Å². The Bertz CT molecular complexity index is 806. The molecule has 2 bridgehead atoms. The second kappa shape index (κ2) is 4.69. The van der Waals surface area contributed by atoms with E-state index in [1.54, 1.807) is 17.4 Å².